The van der Waals surface area contributed by atoms with Gasteiger partial charge in [0, 0.05) is 23.2 Å². The molecule has 25 heavy (non-hydrogen) atoms. The van der Waals surface area contributed by atoms with E-state index in [0.717, 1.165) is 31.4 Å². The molecule has 2 aliphatic carbocycles. The highest BCUT2D eigenvalue weighted by Crippen LogP contribution is 2.36. The van der Waals surface area contributed by atoms with Crippen molar-refractivity contribution in [1.29, 1.82) is 0 Å². The van der Waals surface area contributed by atoms with E-state index >= 15 is 0 Å². The van der Waals surface area contributed by atoms with Crippen LogP contribution in [0.15, 0.2) is 47.1 Å². The zero-order valence-electron chi connectivity index (χ0n) is 14.3. The van der Waals surface area contributed by atoms with Crippen LogP contribution in [-0.4, -0.2) is 22.8 Å². The van der Waals surface area contributed by atoms with Gasteiger partial charge < -0.3 is 14.6 Å². The molecule has 4 rings (SSSR count). The van der Waals surface area contributed by atoms with Crippen molar-refractivity contribution in [3.05, 3.63) is 54.0 Å². The Bertz CT molecular complexity index is 776. The van der Waals surface area contributed by atoms with Crippen molar-refractivity contribution >= 4 is 17.5 Å². The number of benzene rings is 1. The average molecular weight is 338 g/mol. The van der Waals surface area contributed by atoms with E-state index in [2.05, 4.69) is 5.32 Å². The van der Waals surface area contributed by atoms with Crippen LogP contribution >= 0.6 is 0 Å². The molecule has 0 saturated heterocycles. The molecule has 5 heteroatoms. The van der Waals surface area contributed by atoms with E-state index in [1.807, 2.05) is 36.1 Å². The van der Waals surface area contributed by atoms with Crippen LogP contribution in [0.2, 0.25) is 0 Å². The number of carbonyl (C=O) groups is 2. The Labute approximate surface area is 147 Å². The van der Waals surface area contributed by atoms with Crippen molar-refractivity contribution in [2.75, 3.05) is 5.32 Å². The van der Waals surface area contributed by atoms with E-state index in [4.69, 9.17) is 4.42 Å². The number of nitrogens with one attached hydrogen (secondary N) is 1. The Hall–Kier alpha value is -2.56. The van der Waals surface area contributed by atoms with Gasteiger partial charge in [0.05, 0.1) is 12.3 Å². The van der Waals surface area contributed by atoms with Crippen molar-refractivity contribution in [2.24, 2.45) is 5.92 Å². The standard InChI is InChI=1S/C20H22N2O3/c1-13(18-6-3-11-25-18)22(17-9-10-17)20(24)15-4-2-5-16(12-15)21-19(23)14-7-8-14/h2-6,11-14,17H,7-10H2,1H3,(H,21,23). The molecule has 2 aliphatic rings. The molecular formula is C20H22N2O3. The van der Waals surface area contributed by atoms with Crippen LogP contribution in [-0.2, 0) is 4.79 Å². The maximum absolute atomic E-state index is 13.1. The highest BCUT2D eigenvalue weighted by atomic mass is 16.3. The zero-order chi connectivity index (χ0) is 17.4. The molecular weight excluding hydrogens is 316 g/mol. The zero-order valence-corrected chi connectivity index (χ0v) is 14.3. The monoisotopic (exact) mass is 338 g/mol. The number of furan rings is 1. The molecule has 0 aliphatic heterocycles. The smallest absolute Gasteiger partial charge is 0.254 e. The summed E-state index contributed by atoms with van der Waals surface area (Å²) in [6, 6.07) is 11.1. The fourth-order valence-electron chi connectivity index (χ4n) is 3.15. The minimum absolute atomic E-state index is 0.0195. The third-order valence-corrected chi connectivity index (χ3v) is 4.87. The highest BCUT2D eigenvalue weighted by molar-refractivity contribution is 5.98. The second-order valence-electron chi connectivity index (χ2n) is 6.98. The number of anilines is 1. The second-order valence-corrected chi connectivity index (χ2v) is 6.98. The van der Waals surface area contributed by atoms with Gasteiger partial charge >= 0.3 is 0 Å². The number of carbonyl (C=O) groups excluding carboxylic acids is 2. The van der Waals surface area contributed by atoms with E-state index in [1.165, 1.54) is 0 Å². The van der Waals surface area contributed by atoms with E-state index in [0.29, 0.717) is 11.3 Å². The van der Waals surface area contributed by atoms with E-state index in [-0.39, 0.29) is 29.8 Å². The van der Waals surface area contributed by atoms with Crippen LogP contribution in [0.1, 0.15) is 54.8 Å². The van der Waals surface area contributed by atoms with Gasteiger partial charge in [0.15, 0.2) is 0 Å². The first-order valence-electron chi connectivity index (χ1n) is 8.90. The van der Waals surface area contributed by atoms with Crippen LogP contribution in [0.5, 0.6) is 0 Å². The quantitative estimate of drug-likeness (QED) is 0.866. The number of nitrogens with zero attached hydrogens (tertiary/aromatic N) is 1. The predicted octanol–water partition coefficient (Wildman–Crippen LogP) is 3.99. The highest BCUT2D eigenvalue weighted by Gasteiger charge is 2.37. The first-order valence-corrected chi connectivity index (χ1v) is 8.90. The summed E-state index contributed by atoms with van der Waals surface area (Å²) in [6.07, 6.45) is 5.60. The van der Waals surface area contributed by atoms with Crippen molar-refractivity contribution in [3.63, 3.8) is 0 Å². The van der Waals surface area contributed by atoms with Gasteiger partial charge in [-0.2, -0.15) is 0 Å². The van der Waals surface area contributed by atoms with Crippen molar-refractivity contribution in [1.82, 2.24) is 4.90 Å². The van der Waals surface area contributed by atoms with E-state index in [1.54, 1.807) is 18.4 Å². The van der Waals surface area contributed by atoms with Gasteiger partial charge in [0.1, 0.15) is 5.76 Å². The Balaban J connectivity index is 1.54. The molecule has 1 aromatic heterocycles. The molecule has 5 nitrogen and oxygen atoms in total. The van der Waals surface area contributed by atoms with Gasteiger partial charge in [-0.1, -0.05) is 6.07 Å². The molecule has 0 bridgehead atoms. The van der Waals surface area contributed by atoms with Gasteiger partial charge in [0.25, 0.3) is 5.91 Å². The minimum Gasteiger partial charge on any atom is -0.467 e. The van der Waals surface area contributed by atoms with E-state index in [9.17, 15) is 9.59 Å². The fraction of sp³-hybridized carbons (Fsp3) is 0.400. The fourth-order valence-corrected chi connectivity index (χ4v) is 3.15. The molecule has 130 valence electrons. The third-order valence-electron chi connectivity index (χ3n) is 4.87. The predicted molar refractivity (Wildman–Crippen MR) is 94.1 cm³/mol. The van der Waals surface area contributed by atoms with Crippen LogP contribution in [0, 0.1) is 5.92 Å². The number of amides is 2. The average Bonchev–Trinajstić information content (AvgIpc) is 3.54. The lowest BCUT2D eigenvalue weighted by molar-refractivity contribution is -0.117. The SMILES string of the molecule is CC(c1ccco1)N(C(=O)c1cccc(NC(=O)C2CC2)c1)C1CC1. The molecule has 1 heterocycles. The van der Waals surface area contributed by atoms with Gasteiger partial charge in [-0.05, 0) is 62.9 Å². The number of hydrogen-bond donors (Lipinski definition) is 1. The molecule has 1 atom stereocenters. The Kier molecular flexibility index (Phi) is 4.07. The molecule has 0 radical (unpaired) electrons. The molecule has 2 saturated carbocycles. The normalized spacial score (nSPS) is 17.8. The molecule has 1 aromatic carbocycles. The molecule has 2 aromatic rings. The summed E-state index contributed by atoms with van der Waals surface area (Å²) in [5.74, 6) is 0.959. The first-order chi connectivity index (χ1) is 12.1. The summed E-state index contributed by atoms with van der Waals surface area (Å²) in [7, 11) is 0. The van der Waals surface area contributed by atoms with Crippen LogP contribution in [0.3, 0.4) is 0 Å². The molecule has 2 amide bonds. The van der Waals surface area contributed by atoms with Gasteiger partial charge in [0.2, 0.25) is 5.91 Å². The number of rotatable bonds is 6. The largest absolute Gasteiger partial charge is 0.467 e. The summed E-state index contributed by atoms with van der Waals surface area (Å²) in [6.45, 7) is 1.99. The second kappa shape index (κ2) is 6.39. The molecule has 0 spiro atoms. The minimum atomic E-state index is -0.111. The van der Waals surface area contributed by atoms with E-state index < -0.39 is 0 Å². The number of hydrogen-bond acceptors (Lipinski definition) is 3. The van der Waals surface area contributed by atoms with Crippen LogP contribution in [0.25, 0.3) is 0 Å². The van der Waals surface area contributed by atoms with Crippen LogP contribution in [0.4, 0.5) is 5.69 Å². The Morgan fingerprint density at radius 3 is 2.60 bits per heavy atom. The Morgan fingerprint density at radius 1 is 1.16 bits per heavy atom. The summed E-state index contributed by atoms with van der Waals surface area (Å²) < 4.78 is 5.50. The lowest BCUT2D eigenvalue weighted by atomic mass is 10.1. The lowest BCUT2D eigenvalue weighted by Gasteiger charge is -2.28. The van der Waals surface area contributed by atoms with Crippen molar-refractivity contribution in [2.45, 2.75) is 44.7 Å². The van der Waals surface area contributed by atoms with Gasteiger partial charge in [-0.3, -0.25) is 9.59 Å². The summed E-state index contributed by atoms with van der Waals surface area (Å²) in [5, 5.41) is 2.91. The maximum atomic E-state index is 13.1. The van der Waals surface area contributed by atoms with Crippen LogP contribution < -0.4 is 5.32 Å². The molecule has 1 unspecified atom stereocenters. The third kappa shape index (κ3) is 3.45. The van der Waals surface area contributed by atoms with Gasteiger partial charge in [-0.15, -0.1) is 0 Å². The summed E-state index contributed by atoms with van der Waals surface area (Å²) in [4.78, 5) is 27.0. The lowest BCUT2D eigenvalue weighted by Crippen LogP contribution is -2.35. The maximum Gasteiger partial charge on any atom is 0.254 e. The van der Waals surface area contributed by atoms with Gasteiger partial charge in [-0.25, -0.2) is 0 Å². The topological polar surface area (TPSA) is 62.6 Å². The van der Waals surface area contributed by atoms with Crippen molar-refractivity contribution in [3.8, 4) is 0 Å². The van der Waals surface area contributed by atoms with Crippen molar-refractivity contribution < 1.29 is 14.0 Å². The Morgan fingerprint density at radius 2 is 1.96 bits per heavy atom. The molecule has 1 N–H and O–H groups in total. The molecule has 2 fully saturated rings. The first kappa shape index (κ1) is 15.9. The summed E-state index contributed by atoms with van der Waals surface area (Å²) in [5.41, 5.74) is 1.28. The summed E-state index contributed by atoms with van der Waals surface area (Å²) >= 11 is 0.